The summed E-state index contributed by atoms with van der Waals surface area (Å²) in [6.07, 6.45) is 1.81. The minimum absolute atomic E-state index is 0.0689. The van der Waals surface area contributed by atoms with E-state index in [0.717, 1.165) is 23.2 Å². The van der Waals surface area contributed by atoms with Gasteiger partial charge < -0.3 is 10.8 Å². The van der Waals surface area contributed by atoms with Crippen molar-refractivity contribution in [3.63, 3.8) is 0 Å². The third-order valence-electron chi connectivity index (χ3n) is 3.43. The first-order chi connectivity index (χ1) is 8.10. The lowest BCUT2D eigenvalue weighted by molar-refractivity contribution is 0.0226. The molecular formula is C12H19BrN2OS. The fourth-order valence-electron chi connectivity index (χ4n) is 2.40. The number of hydrogen-bond acceptors (Lipinski definition) is 4. The van der Waals surface area contributed by atoms with Gasteiger partial charge in [-0.25, -0.2) is 0 Å². The van der Waals surface area contributed by atoms with Crippen LogP contribution in [0.1, 0.15) is 23.8 Å². The molecule has 3 N–H and O–H groups in total. The van der Waals surface area contributed by atoms with Gasteiger partial charge in [0.25, 0.3) is 0 Å². The molecule has 3 nitrogen and oxygen atoms in total. The predicted molar refractivity (Wildman–Crippen MR) is 75.2 cm³/mol. The Hall–Kier alpha value is 0.0600. The highest BCUT2D eigenvalue weighted by molar-refractivity contribution is 9.11. The van der Waals surface area contributed by atoms with Crippen LogP contribution in [0.25, 0.3) is 0 Å². The molecule has 1 aromatic heterocycles. The van der Waals surface area contributed by atoms with Crippen LogP contribution < -0.4 is 5.73 Å². The van der Waals surface area contributed by atoms with Crippen molar-refractivity contribution in [3.05, 3.63) is 20.8 Å². The summed E-state index contributed by atoms with van der Waals surface area (Å²) in [5.74, 6) is 0.632. The Kier molecular flexibility index (Phi) is 4.60. The number of rotatable bonds is 5. The highest BCUT2D eigenvalue weighted by atomic mass is 79.9. The van der Waals surface area contributed by atoms with Gasteiger partial charge in [-0.2, -0.15) is 0 Å². The SMILES string of the molecule is CN(CC1CC(O)C1)C(CN)c1ccc(Br)s1. The summed E-state index contributed by atoms with van der Waals surface area (Å²) < 4.78 is 1.15. The molecule has 0 aromatic carbocycles. The minimum atomic E-state index is -0.0689. The molecule has 17 heavy (non-hydrogen) atoms. The Morgan fingerprint density at radius 2 is 2.29 bits per heavy atom. The quantitative estimate of drug-likeness (QED) is 0.875. The molecular weight excluding hydrogens is 300 g/mol. The van der Waals surface area contributed by atoms with E-state index >= 15 is 0 Å². The minimum Gasteiger partial charge on any atom is -0.393 e. The van der Waals surface area contributed by atoms with Gasteiger partial charge in [-0.05, 0) is 53.9 Å². The largest absolute Gasteiger partial charge is 0.393 e. The Balaban J connectivity index is 1.93. The highest BCUT2D eigenvalue weighted by Gasteiger charge is 2.29. The number of thiophene rings is 1. The van der Waals surface area contributed by atoms with Crippen LogP contribution in [0.4, 0.5) is 0 Å². The molecule has 0 amide bonds. The molecule has 1 unspecified atom stereocenters. The van der Waals surface area contributed by atoms with Crippen molar-refractivity contribution in [1.29, 1.82) is 0 Å². The van der Waals surface area contributed by atoms with Crippen LogP contribution >= 0.6 is 27.3 Å². The molecule has 1 heterocycles. The maximum absolute atomic E-state index is 9.30. The molecule has 0 radical (unpaired) electrons. The maximum atomic E-state index is 9.30. The zero-order chi connectivity index (χ0) is 12.4. The Morgan fingerprint density at radius 3 is 2.76 bits per heavy atom. The van der Waals surface area contributed by atoms with Crippen LogP contribution in [0, 0.1) is 5.92 Å². The lowest BCUT2D eigenvalue weighted by atomic mass is 9.82. The van der Waals surface area contributed by atoms with Gasteiger partial charge in [0.05, 0.1) is 15.9 Å². The summed E-state index contributed by atoms with van der Waals surface area (Å²) in [5, 5.41) is 9.30. The Labute approximate surface area is 115 Å². The van der Waals surface area contributed by atoms with E-state index in [4.69, 9.17) is 5.73 Å². The summed E-state index contributed by atoms with van der Waals surface area (Å²) in [6.45, 7) is 1.66. The van der Waals surface area contributed by atoms with Gasteiger partial charge in [-0.3, -0.25) is 4.90 Å². The first-order valence-electron chi connectivity index (χ1n) is 5.93. The van der Waals surface area contributed by atoms with E-state index in [2.05, 4.69) is 40.0 Å². The molecule has 1 saturated carbocycles. The molecule has 0 bridgehead atoms. The van der Waals surface area contributed by atoms with Gasteiger partial charge in [0.1, 0.15) is 0 Å². The second-order valence-corrected chi connectivity index (χ2v) is 7.32. The average molecular weight is 319 g/mol. The molecule has 1 fully saturated rings. The van der Waals surface area contributed by atoms with Crippen molar-refractivity contribution in [2.75, 3.05) is 20.1 Å². The van der Waals surface area contributed by atoms with Crippen LogP contribution in [0.3, 0.4) is 0 Å². The van der Waals surface area contributed by atoms with E-state index in [1.54, 1.807) is 11.3 Å². The molecule has 0 aliphatic heterocycles. The number of likely N-dealkylation sites (N-methyl/N-ethyl adjacent to an activating group) is 1. The number of hydrogen-bond donors (Lipinski definition) is 2. The summed E-state index contributed by atoms with van der Waals surface area (Å²) in [4.78, 5) is 3.62. The van der Waals surface area contributed by atoms with Crippen LogP contribution in [0.15, 0.2) is 15.9 Å². The first kappa shape index (κ1) is 13.5. The predicted octanol–water partition coefficient (Wildman–Crippen LogP) is 2.21. The van der Waals surface area contributed by atoms with E-state index in [1.807, 2.05) is 0 Å². The summed E-state index contributed by atoms with van der Waals surface area (Å²) in [7, 11) is 2.12. The van der Waals surface area contributed by atoms with Crippen molar-refractivity contribution in [2.45, 2.75) is 25.0 Å². The number of halogens is 1. The Bertz CT molecular complexity index is 365. The van der Waals surface area contributed by atoms with Crippen molar-refractivity contribution in [3.8, 4) is 0 Å². The van der Waals surface area contributed by atoms with Crippen LogP contribution in [0.2, 0.25) is 0 Å². The molecule has 0 spiro atoms. The van der Waals surface area contributed by atoms with Crippen LogP contribution in [-0.2, 0) is 0 Å². The van der Waals surface area contributed by atoms with Crippen molar-refractivity contribution < 1.29 is 5.11 Å². The Morgan fingerprint density at radius 1 is 1.59 bits per heavy atom. The molecule has 96 valence electrons. The normalized spacial score (nSPS) is 25.9. The zero-order valence-corrected chi connectivity index (χ0v) is 12.4. The smallest absolute Gasteiger partial charge is 0.0702 e. The molecule has 5 heteroatoms. The fourth-order valence-corrected chi connectivity index (χ4v) is 4.01. The number of aliphatic hydroxyl groups is 1. The summed E-state index contributed by atoms with van der Waals surface area (Å²) >= 11 is 5.24. The van der Waals surface area contributed by atoms with Gasteiger partial charge in [-0.15, -0.1) is 11.3 Å². The van der Waals surface area contributed by atoms with Gasteiger partial charge in [-0.1, -0.05) is 0 Å². The maximum Gasteiger partial charge on any atom is 0.0702 e. The summed E-state index contributed by atoms with van der Waals surface area (Å²) in [5.41, 5.74) is 5.88. The zero-order valence-electron chi connectivity index (χ0n) is 9.97. The molecule has 1 aliphatic carbocycles. The molecule has 0 saturated heterocycles. The van der Waals surface area contributed by atoms with Crippen LogP contribution in [-0.4, -0.2) is 36.2 Å². The van der Waals surface area contributed by atoms with Gasteiger partial charge in [0, 0.05) is 18.0 Å². The van der Waals surface area contributed by atoms with E-state index in [9.17, 15) is 5.11 Å². The van der Waals surface area contributed by atoms with Crippen molar-refractivity contribution >= 4 is 27.3 Å². The monoisotopic (exact) mass is 318 g/mol. The molecule has 2 rings (SSSR count). The lowest BCUT2D eigenvalue weighted by Crippen LogP contribution is -2.40. The van der Waals surface area contributed by atoms with Crippen molar-refractivity contribution in [2.24, 2.45) is 11.7 Å². The van der Waals surface area contributed by atoms with Gasteiger partial charge in [0.2, 0.25) is 0 Å². The van der Waals surface area contributed by atoms with E-state index in [-0.39, 0.29) is 6.10 Å². The van der Waals surface area contributed by atoms with Gasteiger partial charge >= 0.3 is 0 Å². The highest BCUT2D eigenvalue weighted by Crippen LogP contribution is 2.33. The second kappa shape index (κ2) is 5.80. The topological polar surface area (TPSA) is 49.5 Å². The fraction of sp³-hybridized carbons (Fsp3) is 0.667. The van der Waals surface area contributed by atoms with E-state index in [1.165, 1.54) is 4.88 Å². The standard InChI is InChI=1S/C12H19BrN2OS/c1-15(7-8-4-9(16)5-8)10(6-14)11-2-3-12(13)17-11/h2-3,8-10,16H,4-7,14H2,1H3. The number of nitrogens with zero attached hydrogens (tertiary/aromatic N) is 1. The lowest BCUT2D eigenvalue weighted by Gasteiger charge is -2.37. The number of nitrogens with two attached hydrogens (primary N) is 1. The van der Waals surface area contributed by atoms with E-state index < -0.39 is 0 Å². The second-order valence-electron chi connectivity index (χ2n) is 4.82. The van der Waals surface area contributed by atoms with Crippen molar-refractivity contribution in [1.82, 2.24) is 4.90 Å². The molecule has 1 aliphatic rings. The molecule has 1 aromatic rings. The van der Waals surface area contributed by atoms with E-state index in [0.29, 0.717) is 18.5 Å². The third kappa shape index (κ3) is 3.29. The first-order valence-corrected chi connectivity index (χ1v) is 7.54. The summed E-state index contributed by atoms with van der Waals surface area (Å²) in [6, 6.07) is 4.51. The molecule has 1 atom stereocenters. The third-order valence-corrected chi connectivity index (χ3v) is 5.16. The average Bonchev–Trinajstić information content (AvgIpc) is 2.64. The van der Waals surface area contributed by atoms with Crippen LogP contribution in [0.5, 0.6) is 0 Å². The number of aliphatic hydroxyl groups excluding tert-OH is 1. The van der Waals surface area contributed by atoms with Gasteiger partial charge in [0.15, 0.2) is 0 Å².